The van der Waals surface area contributed by atoms with Gasteiger partial charge in [0.25, 0.3) is 0 Å². The van der Waals surface area contributed by atoms with Crippen molar-refractivity contribution in [2.75, 3.05) is 6.54 Å². The van der Waals surface area contributed by atoms with E-state index in [1.54, 1.807) is 4.68 Å². The average Bonchev–Trinajstić information content (AvgIpc) is 2.69. The molecule has 1 aromatic heterocycles. The van der Waals surface area contributed by atoms with Crippen molar-refractivity contribution in [1.29, 1.82) is 0 Å². The molecule has 0 aliphatic rings. The molecule has 0 aromatic carbocycles. The van der Waals surface area contributed by atoms with Crippen LogP contribution in [0.25, 0.3) is 0 Å². The summed E-state index contributed by atoms with van der Waals surface area (Å²) in [5, 5.41) is 9.00. The molecule has 21 heavy (non-hydrogen) atoms. The zero-order chi connectivity index (χ0) is 15.8. The zero-order valence-electron chi connectivity index (χ0n) is 14.4. The first-order valence-corrected chi connectivity index (χ1v) is 8.84. The van der Waals surface area contributed by atoms with E-state index in [2.05, 4.69) is 38.1 Å². The zero-order valence-corrected chi connectivity index (χ0v) is 15.1. The number of nitrogens with one attached hydrogen (secondary N) is 1. The Hall–Kier alpha value is -0.540. The van der Waals surface area contributed by atoms with Gasteiger partial charge in [0, 0.05) is 18.7 Å². The molecule has 0 saturated heterocycles. The minimum Gasteiger partial charge on any atom is -0.313 e. The number of rotatable bonds is 10. The first kappa shape index (κ1) is 18.5. The Balaban J connectivity index is 2.89. The van der Waals surface area contributed by atoms with Gasteiger partial charge < -0.3 is 5.32 Å². The molecule has 0 fully saturated rings. The quantitative estimate of drug-likeness (QED) is 0.689. The second-order valence-electron chi connectivity index (χ2n) is 6.08. The van der Waals surface area contributed by atoms with Crippen LogP contribution in [-0.2, 0) is 13.5 Å². The Morgan fingerprint density at radius 3 is 2.19 bits per heavy atom. The summed E-state index contributed by atoms with van der Waals surface area (Å²) in [7, 11) is 1.92. The molecular weight excluding hydrogens is 282 g/mol. The van der Waals surface area contributed by atoms with Gasteiger partial charge in [-0.2, -0.15) is 5.10 Å². The second kappa shape index (κ2) is 9.47. The Morgan fingerprint density at radius 1 is 1.14 bits per heavy atom. The maximum atomic E-state index is 6.42. The molecule has 3 nitrogen and oxygen atoms in total. The van der Waals surface area contributed by atoms with Crippen LogP contribution in [0.15, 0.2) is 0 Å². The summed E-state index contributed by atoms with van der Waals surface area (Å²) in [6.07, 6.45) is 7.21. The topological polar surface area (TPSA) is 29.9 Å². The smallest absolute Gasteiger partial charge is 0.130 e. The van der Waals surface area contributed by atoms with E-state index >= 15 is 0 Å². The van der Waals surface area contributed by atoms with Crippen LogP contribution in [0.3, 0.4) is 0 Å². The SMILES string of the molecule is CCCNC(Cc1c(C)nn(C)c1Cl)C(CCC)CCC. The lowest BCUT2D eigenvalue weighted by Crippen LogP contribution is -2.38. The first-order chi connectivity index (χ1) is 10.0. The van der Waals surface area contributed by atoms with E-state index in [1.165, 1.54) is 37.7 Å². The lowest BCUT2D eigenvalue weighted by atomic mass is 9.86. The summed E-state index contributed by atoms with van der Waals surface area (Å²) in [6.45, 7) is 9.92. The number of hydrogen-bond donors (Lipinski definition) is 1. The number of halogens is 1. The number of hydrogen-bond acceptors (Lipinski definition) is 2. The minimum atomic E-state index is 0.505. The van der Waals surface area contributed by atoms with Gasteiger partial charge in [-0.3, -0.25) is 4.68 Å². The highest BCUT2D eigenvalue weighted by molar-refractivity contribution is 6.30. The van der Waals surface area contributed by atoms with Crippen molar-refractivity contribution in [2.45, 2.75) is 72.3 Å². The monoisotopic (exact) mass is 313 g/mol. The third-order valence-corrected chi connectivity index (χ3v) is 4.71. The largest absolute Gasteiger partial charge is 0.313 e. The third-order valence-electron chi connectivity index (χ3n) is 4.24. The fraction of sp³-hybridized carbons (Fsp3) is 0.824. The number of nitrogens with zero attached hydrogens (tertiary/aromatic N) is 2. The van der Waals surface area contributed by atoms with Crippen molar-refractivity contribution >= 4 is 11.6 Å². The Morgan fingerprint density at radius 2 is 1.76 bits per heavy atom. The Bertz CT molecular complexity index is 408. The summed E-state index contributed by atoms with van der Waals surface area (Å²) in [5.74, 6) is 0.724. The Kier molecular flexibility index (Phi) is 8.35. The van der Waals surface area contributed by atoms with Crippen molar-refractivity contribution in [3.05, 3.63) is 16.4 Å². The van der Waals surface area contributed by atoms with E-state index < -0.39 is 0 Å². The number of aryl methyl sites for hydroxylation is 2. The van der Waals surface area contributed by atoms with E-state index in [0.29, 0.717) is 6.04 Å². The van der Waals surface area contributed by atoms with Gasteiger partial charge in [-0.05, 0) is 45.1 Å². The van der Waals surface area contributed by atoms with Crippen molar-refractivity contribution in [2.24, 2.45) is 13.0 Å². The molecule has 0 spiro atoms. The van der Waals surface area contributed by atoms with Crippen molar-refractivity contribution in [1.82, 2.24) is 15.1 Å². The summed E-state index contributed by atoms with van der Waals surface area (Å²) < 4.78 is 1.79. The van der Waals surface area contributed by atoms with Gasteiger partial charge >= 0.3 is 0 Å². The van der Waals surface area contributed by atoms with Crippen LogP contribution in [0.1, 0.15) is 64.1 Å². The molecule has 0 bridgehead atoms. The molecule has 1 unspecified atom stereocenters. The van der Waals surface area contributed by atoms with Gasteiger partial charge in [0.2, 0.25) is 0 Å². The maximum absolute atomic E-state index is 6.42. The van der Waals surface area contributed by atoms with Gasteiger partial charge in [0.15, 0.2) is 0 Å². The summed E-state index contributed by atoms with van der Waals surface area (Å²) in [4.78, 5) is 0. The van der Waals surface area contributed by atoms with E-state index in [-0.39, 0.29) is 0 Å². The van der Waals surface area contributed by atoms with Gasteiger partial charge in [-0.1, -0.05) is 45.2 Å². The third kappa shape index (κ3) is 5.30. The average molecular weight is 314 g/mol. The van der Waals surface area contributed by atoms with Crippen LogP contribution in [0.2, 0.25) is 5.15 Å². The summed E-state index contributed by atoms with van der Waals surface area (Å²) in [5.41, 5.74) is 2.28. The molecule has 1 heterocycles. The highest BCUT2D eigenvalue weighted by Gasteiger charge is 2.23. The highest BCUT2D eigenvalue weighted by atomic mass is 35.5. The summed E-state index contributed by atoms with van der Waals surface area (Å²) >= 11 is 6.42. The maximum Gasteiger partial charge on any atom is 0.130 e. The van der Waals surface area contributed by atoms with Crippen molar-refractivity contribution < 1.29 is 0 Å². The molecule has 0 aliphatic heterocycles. The second-order valence-corrected chi connectivity index (χ2v) is 6.44. The molecule has 1 N–H and O–H groups in total. The van der Waals surface area contributed by atoms with E-state index in [9.17, 15) is 0 Å². The summed E-state index contributed by atoms with van der Waals surface area (Å²) in [6, 6.07) is 0.505. The standard InChI is InChI=1S/C17H32ClN3/c1-6-9-14(10-7-2)16(19-11-8-3)12-15-13(4)20-21(5)17(15)18/h14,16,19H,6-12H2,1-5H3. The van der Waals surface area contributed by atoms with Crippen molar-refractivity contribution in [3.8, 4) is 0 Å². The van der Waals surface area contributed by atoms with Gasteiger partial charge in [0.1, 0.15) is 5.15 Å². The fourth-order valence-corrected chi connectivity index (χ4v) is 3.40. The van der Waals surface area contributed by atoms with Crippen molar-refractivity contribution in [3.63, 3.8) is 0 Å². The molecule has 0 saturated carbocycles. The molecule has 0 radical (unpaired) electrons. The van der Waals surface area contributed by atoms with Crippen LogP contribution >= 0.6 is 11.6 Å². The van der Waals surface area contributed by atoms with Gasteiger partial charge in [-0.25, -0.2) is 0 Å². The fourth-order valence-electron chi connectivity index (χ4n) is 3.15. The molecule has 0 aliphatic carbocycles. The van der Waals surface area contributed by atoms with E-state index in [0.717, 1.165) is 29.7 Å². The van der Waals surface area contributed by atoms with Crippen LogP contribution in [0.4, 0.5) is 0 Å². The van der Waals surface area contributed by atoms with Crippen LogP contribution < -0.4 is 5.32 Å². The van der Waals surface area contributed by atoms with Crippen LogP contribution in [-0.4, -0.2) is 22.4 Å². The Labute approximate surface area is 135 Å². The molecule has 0 amide bonds. The normalized spacial score (nSPS) is 13.1. The van der Waals surface area contributed by atoms with Gasteiger partial charge in [-0.15, -0.1) is 0 Å². The molecule has 1 atom stereocenters. The first-order valence-electron chi connectivity index (χ1n) is 8.46. The lowest BCUT2D eigenvalue weighted by Gasteiger charge is -2.28. The minimum absolute atomic E-state index is 0.505. The predicted molar refractivity (Wildman–Crippen MR) is 92.0 cm³/mol. The molecule has 1 rings (SSSR count). The molecule has 4 heteroatoms. The number of aromatic nitrogens is 2. The van der Waals surface area contributed by atoms with Gasteiger partial charge in [0.05, 0.1) is 5.69 Å². The predicted octanol–water partition coefficient (Wildman–Crippen LogP) is 4.51. The van der Waals surface area contributed by atoms with E-state index in [1.807, 2.05) is 7.05 Å². The van der Waals surface area contributed by atoms with E-state index in [4.69, 9.17) is 11.6 Å². The molecule has 122 valence electrons. The molecular formula is C17H32ClN3. The van der Waals surface area contributed by atoms with Crippen LogP contribution in [0, 0.1) is 12.8 Å². The molecule has 1 aromatic rings. The highest BCUT2D eigenvalue weighted by Crippen LogP contribution is 2.26. The van der Waals surface area contributed by atoms with Crippen LogP contribution in [0.5, 0.6) is 0 Å². The lowest BCUT2D eigenvalue weighted by molar-refractivity contribution is 0.308.